The van der Waals surface area contributed by atoms with E-state index in [4.69, 9.17) is 9.15 Å². The molecule has 0 bridgehead atoms. The number of phenolic OH excluding ortho intramolecular Hbond substituents is 1. The molecule has 21 heavy (non-hydrogen) atoms. The van der Waals surface area contributed by atoms with Crippen LogP contribution in [0.1, 0.15) is 20.8 Å². The lowest BCUT2D eigenvalue weighted by atomic mass is 10.2. The lowest BCUT2D eigenvalue weighted by Gasteiger charge is -2.19. The number of anilines is 1. The van der Waals surface area contributed by atoms with Crippen molar-refractivity contribution in [3.63, 3.8) is 0 Å². The van der Waals surface area contributed by atoms with Crippen molar-refractivity contribution in [1.82, 2.24) is 0 Å². The molecule has 112 valence electrons. The van der Waals surface area contributed by atoms with Crippen LogP contribution in [0.25, 0.3) is 11.0 Å². The Balaban J connectivity index is 2.43. The van der Waals surface area contributed by atoms with Gasteiger partial charge in [-0.15, -0.1) is 0 Å². The number of amides is 1. The van der Waals surface area contributed by atoms with Gasteiger partial charge in [0.05, 0.1) is 5.39 Å². The molecule has 1 amide bonds. The summed E-state index contributed by atoms with van der Waals surface area (Å²) in [6.45, 7) is 4.99. The molecule has 0 spiro atoms. The highest BCUT2D eigenvalue weighted by Gasteiger charge is 2.21. The van der Waals surface area contributed by atoms with Crippen molar-refractivity contribution in [2.24, 2.45) is 0 Å². The second kappa shape index (κ2) is 5.01. The van der Waals surface area contributed by atoms with Gasteiger partial charge in [-0.1, -0.05) is 0 Å². The van der Waals surface area contributed by atoms with Gasteiger partial charge < -0.3 is 19.4 Å². The van der Waals surface area contributed by atoms with Gasteiger partial charge in [-0.25, -0.2) is 9.59 Å². The number of phenols is 1. The average molecular weight is 293 g/mol. The lowest BCUT2D eigenvalue weighted by molar-refractivity contribution is 0.0634. The van der Waals surface area contributed by atoms with E-state index in [2.05, 4.69) is 5.32 Å². The third kappa shape index (κ3) is 3.25. The van der Waals surface area contributed by atoms with Crippen LogP contribution in [0.3, 0.4) is 0 Å². The van der Waals surface area contributed by atoms with Crippen LogP contribution < -0.4 is 10.9 Å². The zero-order chi connectivity index (χ0) is 15.8. The van der Waals surface area contributed by atoms with Crippen LogP contribution in [0.5, 0.6) is 11.5 Å². The monoisotopic (exact) mass is 293 g/mol. The minimum Gasteiger partial charge on any atom is -0.508 e. The Morgan fingerprint density at radius 1 is 1.29 bits per heavy atom. The van der Waals surface area contributed by atoms with Gasteiger partial charge in [0.25, 0.3) is 0 Å². The first-order valence-corrected chi connectivity index (χ1v) is 6.16. The zero-order valence-electron chi connectivity index (χ0n) is 11.8. The largest absolute Gasteiger partial charge is 0.508 e. The molecular weight excluding hydrogens is 278 g/mol. The molecule has 2 rings (SSSR count). The van der Waals surface area contributed by atoms with Crippen LogP contribution in [0.15, 0.2) is 27.4 Å². The van der Waals surface area contributed by atoms with E-state index in [1.807, 2.05) is 0 Å². The molecule has 0 saturated heterocycles. The van der Waals surface area contributed by atoms with Crippen molar-refractivity contribution in [2.45, 2.75) is 26.4 Å². The molecule has 1 aromatic carbocycles. The molecular formula is C14H15NO6. The van der Waals surface area contributed by atoms with E-state index < -0.39 is 28.8 Å². The van der Waals surface area contributed by atoms with Crippen molar-refractivity contribution in [3.05, 3.63) is 28.6 Å². The van der Waals surface area contributed by atoms with Crippen LogP contribution in [0.2, 0.25) is 0 Å². The molecule has 1 heterocycles. The summed E-state index contributed by atoms with van der Waals surface area (Å²) < 4.78 is 9.94. The van der Waals surface area contributed by atoms with E-state index in [-0.39, 0.29) is 16.7 Å². The normalized spacial score (nSPS) is 11.4. The summed E-state index contributed by atoms with van der Waals surface area (Å²) in [4.78, 5) is 23.4. The Kier molecular flexibility index (Phi) is 3.51. The highest BCUT2D eigenvalue weighted by molar-refractivity contribution is 5.94. The van der Waals surface area contributed by atoms with Crippen LogP contribution >= 0.6 is 0 Å². The molecule has 0 radical (unpaired) electrons. The fourth-order valence-electron chi connectivity index (χ4n) is 1.69. The SMILES string of the molecule is CC(C)(C)OC(=O)Nc1c(O)c2ccc(O)cc2oc1=O. The maximum absolute atomic E-state index is 11.8. The number of nitrogens with one attached hydrogen (secondary N) is 1. The Morgan fingerprint density at radius 3 is 2.57 bits per heavy atom. The number of fused-ring (bicyclic) bond motifs is 1. The summed E-state index contributed by atoms with van der Waals surface area (Å²) in [5, 5.41) is 21.7. The molecule has 7 nitrogen and oxygen atoms in total. The second-order valence-electron chi connectivity index (χ2n) is 5.42. The van der Waals surface area contributed by atoms with Crippen molar-refractivity contribution < 1.29 is 24.2 Å². The summed E-state index contributed by atoms with van der Waals surface area (Å²) in [5.41, 5.74) is -2.10. The van der Waals surface area contributed by atoms with Gasteiger partial charge in [0, 0.05) is 6.07 Å². The third-order valence-corrected chi connectivity index (χ3v) is 2.49. The summed E-state index contributed by atoms with van der Waals surface area (Å²) in [5.74, 6) is -0.565. The van der Waals surface area contributed by atoms with Crippen LogP contribution in [0, 0.1) is 0 Å². The molecule has 2 aromatic rings. The van der Waals surface area contributed by atoms with E-state index in [0.717, 1.165) is 0 Å². The van der Waals surface area contributed by atoms with E-state index in [1.165, 1.54) is 18.2 Å². The van der Waals surface area contributed by atoms with Crippen LogP contribution in [0.4, 0.5) is 10.5 Å². The van der Waals surface area contributed by atoms with Gasteiger partial charge in [0.2, 0.25) is 0 Å². The van der Waals surface area contributed by atoms with Gasteiger partial charge in [-0.05, 0) is 32.9 Å². The number of hydrogen-bond acceptors (Lipinski definition) is 6. The predicted octanol–water partition coefficient (Wildman–Crippen LogP) is 2.55. The number of aromatic hydroxyl groups is 2. The summed E-state index contributed by atoms with van der Waals surface area (Å²) in [7, 11) is 0. The number of hydrogen-bond donors (Lipinski definition) is 3. The zero-order valence-corrected chi connectivity index (χ0v) is 11.8. The summed E-state index contributed by atoms with van der Waals surface area (Å²) in [6, 6.07) is 3.87. The maximum Gasteiger partial charge on any atom is 0.412 e. The van der Waals surface area contributed by atoms with Crippen molar-refractivity contribution >= 4 is 22.7 Å². The van der Waals surface area contributed by atoms with Crippen molar-refractivity contribution in [3.8, 4) is 11.5 Å². The average Bonchev–Trinajstić information content (AvgIpc) is 2.31. The van der Waals surface area contributed by atoms with Crippen molar-refractivity contribution in [1.29, 1.82) is 0 Å². The Labute approximate surface area is 119 Å². The first-order chi connectivity index (χ1) is 9.67. The molecule has 7 heteroatoms. The standard InChI is InChI=1S/C14H15NO6/c1-14(2,3)21-13(19)15-10-11(17)8-5-4-7(16)6-9(8)20-12(10)18/h4-6,16-17H,1-3H3,(H,15,19). The van der Waals surface area contributed by atoms with E-state index >= 15 is 0 Å². The van der Waals surface area contributed by atoms with Crippen LogP contribution in [-0.4, -0.2) is 21.9 Å². The highest BCUT2D eigenvalue weighted by Crippen LogP contribution is 2.31. The molecule has 0 aliphatic rings. The molecule has 3 N–H and O–H groups in total. The Bertz CT molecular complexity index is 756. The van der Waals surface area contributed by atoms with Crippen molar-refractivity contribution in [2.75, 3.05) is 5.32 Å². The number of rotatable bonds is 1. The second-order valence-corrected chi connectivity index (χ2v) is 5.42. The Morgan fingerprint density at radius 2 is 1.95 bits per heavy atom. The van der Waals surface area contributed by atoms with Gasteiger partial charge in [-0.2, -0.15) is 0 Å². The molecule has 0 unspecified atom stereocenters. The maximum atomic E-state index is 11.8. The van der Waals surface area contributed by atoms with Crippen LogP contribution in [-0.2, 0) is 4.74 Å². The molecule has 0 aliphatic carbocycles. The number of ether oxygens (including phenoxy) is 1. The Hall–Kier alpha value is -2.70. The summed E-state index contributed by atoms with van der Waals surface area (Å²) in [6.07, 6.45) is -0.886. The molecule has 0 fully saturated rings. The lowest BCUT2D eigenvalue weighted by Crippen LogP contribution is -2.28. The number of benzene rings is 1. The predicted molar refractivity (Wildman–Crippen MR) is 75.7 cm³/mol. The molecule has 0 atom stereocenters. The highest BCUT2D eigenvalue weighted by atomic mass is 16.6. The number of carbonyl (C=O) groups is 1. The molecule has 0 saturated carbocycles. The minimum absolute atomic E-state index is 0.00670. The third-order valence-electron chi connectivity index (χ3n) is 2.49. The minimum atomic E-state index is -0.948. The summed E-state index contributed by atoms with van der Waals surface area (Å²) >= 11 is 0. The molecule has 0 aliphatic heterocycles. The van der Waals surface area contributed by atoms with Gasteiger partial charge in [0.1, 0.15) is 16.9 Å². The quantitative estimate of drug-likeness (QED) is 0.697. The van der Waals surface area contributed by atoms with Gasteiger partial charge >= 0.3 is 11.7 Å². The van der Waals surface area contributed by atoms with E-state index in [0.29, 0.717) is 0 Å². The smallest absolute Gasteiger partial charge is 0.412 e. The first kappa shape index (κ1) is 14.7. The van der Waals surface area contributed by atoms with E-state index in [9.17, 15) is 19.8 Å². The fourth-order valence-corrected chi connectivity index (χ4v) is 1.69. The first-order valence-electron chi connectivity index (χ1n) is 6.16. The fraction of sp³-hybridized carbons (Fsp3) is 0.286. The number of carbonyl (C=O) groups excluding carboxylic acids is 1. The topological polar surface area (TPSA) is 109 Å². The molecule has 1 aromatic heterocycles. The van der Waals surface area contributed by atoms with Gasteiger partial charge in [-0.3, -0.25) is 5.32 Å². The van der Waals surface area contributed by atoms with Gasteiger partial charge in [0.15, 0.2) is 11.4 Å². The van der Waals surface area contributed by atoms with E-state index in [1.54, 1.807) is 20.8 Å².